The number of benzene rings is 1. The van der Waals surface area contributed by atoms with E-state index in [-0.39, 0.29) is 12.3 Å². The smallest absolute Gasteiger partial charge is 0.308 e. The fourth-order valence-electron chi connectivity index (χ4n) is 1.25. The van der Waals surface area contributed by atoms with Crippen LogP contribution in [0.25, 0.3) is 0 Å². The molecule has 100 valence electrons. The van der Waals surface area contributed by atoms with Gasteiger partial charge in [0.05, 0.1) is 19.1 Å². The van der Waals surface area contributed by atoms with Crippen LogP contribution in [0, 0.1) is 0 Å². The summed E-state index contributed by atoms with van der Waals surface area (Å²) in [5.41, 5.74) is 4.03. The van der Waals surface area contributed by atoms with Crippen LogP contribution in [0.1, 0.15) is 25.8 Å². The van der Waals surface area contributed by atoms with Crippen LogP contribution in [0.5, 0.6) is 0 Å². The van der Waals surface area contributed by atoms with Gasteiger partial charge in [0, 0.05) is 6.92 Å². The van der Waals surface area contributed by atoms with E-state index in [1.807, 2.05) is 18.2 Å². The number of ether oxygens (including phenoxy) is 1. The Morgan fingerprint density at radius 3 is 2.17 bits per heavy atom. The van der Waals surface area contributed by atoms with Crippen LogP contribution < -0.4 is 5.73 Å². The van der Waals surface area contributed by atoms with Gasteiger partial charge in [0.1, 0.15) is 0 Å². The number of amides is 1. The Balaban J connectivity index is 0.000000631. The van der Waals surface area contributed by atoms with Crippen molar-refractivity contribution in [2.75, 3.05) is 7.11 Å². The van der Waals surface area contributed by atoms with Crippen LogP contribution in [0.4, 0.5) is 0 Å². The highest BCUT2D eigenvalue weighted by Crippen LogP contribution is 2.24. The van der Waals surface area contributed by atoms with Crippen molar-refractivity contribution in [2.24, 2.45) is 5.73 Å². The van der Waals surface area contributed by atoms with E-state index >= 15 is 0 Å². The lowest BCUT2D eigenvalue weighted by Crippen LogP contribution is -2.25. The minimum atomic E-state index is -1.16. The van der Waals surface area contributed by atoms with Crippen LogP contribution in [-0.2, 0) is 19.9 Å². The van der Waals surface area contributed by atoms with Crippen LogP contribution in [-0.4, -0.2) is 24.1 Å². The second kappa shape index (κ2) is 7.45. The van der Waals surface area contributed by atoms with E-state index in [4.69, 9.17) is 0 Å². The lowest BCUT2D eigenvalue weighted by atomic mass is 9.93. The molecule has 0 aromatic heterocycles. The van der Waals surface area contributed by atoms with Gasteiger partial charge in [0.15, 0.2) is 0 Å². The zero-order valence-electron chi connectivity index (χ0n) is 10.8. The quantitative estimate of drug-likeness (QED) is 0.785. The highest BCUT2D eigenvalue weighted by atomic mass is 16.5. The molecule has 1 aromatic carbocycles. The van der Waals surface area contributed by atoms with Crippen molar-refractivity contribution < 1.29 is 19.4 Å². The largest absolute Gasteiger partial charge is 0.469 e. The maximum Gasteiger partial charge on any atom is 0.308 e. The number of hydrogen-bond acceptors (Lipinski definition) is 4. The van der Waals surface area contributed by atoms with Crippen molar-refractivity contribution in [3.8, 4) is 0 Å². The van der Waals surface area contributed by atoms with E-state index in [0.29, 0.717) is 5.56 Å². The Morgan fingerprint density at radius 1 is 1.33 bits per heavy atom. The fourth-order valence-corrected chi connectivity index (χ4v) is 1.25. The van der Waals surface area contributed by atoms with Crippen molar-refractivity contribution in [1.29, 1.82) is 0 Å². The van der Waals surface area contributed by atoms with Gasteiger partial charge < -0.3 is 15.6 Å². The first-order chi connectivity index (χ1) is 8.29. The van der Waals surface area contributed by atoms with E-state index in [1.54, 1.807) is 19.1 Å². The molecule has 5 heteroatoms. The van der Waals surface area contributed by atoms with Gasteiger partial charge in [-0.3, -0.25) is 9.59 Å². The minimum Gasteiger partial charge on any atom is -0.469 e. The Kier molecular flexibility index (Phi) is 6.67. The number of nitrogens with two attached hydrogens (primary N) is 1. The number of hydrogen-bond donors (Lipinski definition) is 2. The molecule has 1 unspecified atom stereocenters. The van der Waals surface area contributed by atoms with Gasteiger partial charge in [-0.05, 0) is 12.5 Å². The lowest BCUT2D eigenvalue weighted by Gasteiger charge is -2.22. The average Bonchev–Trinajstić information content (AvgIpc) is 2.29. The summed E-state index contributed by atoms with van der Waals surface area (Å²) in [5, 5.41) is 9.99. The molecule has 3 N–H and O–H groups in total. The Hall–Kier alpha value is -1.88. The topological polar surface area (TPSA) is 89.6 Å². The standard InChI is InChI=1S/C11H14O3.C2H5NO/c1-11(13,8-10(12)14-2)9-6-4-3-5-7-9;1-2(3)4/h3-7,13H,8H2,1-2H3;1H3,(H2,3,4). The SMILES string of the molecule is CC(N)=O.COC(=O)CC(C)(O)c1ccccc1. The predicted molar refractivity (Wildman–Crippen MR) is 67.5 cm³/mol. The lowest BCUT2D eigenvalue weighted by molar-refractivity contribution is -0.145. The van der Waals surface area contributed by atoms with E-state index in [0.717, 1.165) is 0 Å². The van der Waals surface area contributed by atoms with E-state index in [1.165, 1.54) is 14.0 Å². The number of carbonyl (C=O) groups is 2. The third kappa shape index (κ3) is 6.65. The fraction of sp³-hybridized carbons (Fsp3) is 0.385. The van der Waals surface area contributed by atoms with Gasteiger partial charge in [-0.15, -0.1) is 0 Å². The van der Waals surface area contributed by atoms with Gasteiger partial charge in [0.2, 0.25) is 5.91 Å². The predicted octanol–water partition coefficient (Wildman–Crippen LogP) is 0.949. The second-order valence-electron chi connectivity index (χ2n) is 4.00. The van der Waals surface area contributed by atoms with Crippen LogP contribution >= 0.6 is 0 Å². The molecule has 0 radical (unpaired) electrons. The summed E-state index contributed by atoms with van der Waals surface area (Å²) in [5.74, 6) is -0.751. The molecule has 0 saturated heterocycles. The molecule has 0 spiro atoms. The first kappa shape index (κ1) is 16.1. The highest BCUT2D eigenvalue weighted by molar-refractivity contribution is 5.71. The Bertz CT molecular complexity index is 383. The van der Waals surface area contributed by atoms with Crippen molar-refractivity contribution in [3.05, 3.63) is 35.9 Å². The number of carbonyl (C=O) groups excluding carboxylic acids is 2. The summed E-state index contributed by atoms with van der Waals surface area (Å²) >= 11 is 0. The molecular weight excluding hydrogens is 234 g/mol. The van der Waals surface area contributed by atoms with Crippen molar-refractivity contribution in [3.63, 3.8) is 0 Å². The van der Waals surface area contributed by atoms with Gasteiger partial charge in [-0.2, -0.15) is 0 Å². The molecule has 0 saturated carbocycles. The molecule has 1 amide bonds. The summed E-state index contributed by atoms with van der Waals surface area (Å²) in [7, 11) is 1.31. The first-order valence-corrected chi connectivity index (χ1v) is 5.40. The molecule has 0 aliphatic carbocycles. The zero-order valence-corrected chi connectivity index (χ0v) is 10.8. The number of aliphatic hydroxyl groups is 1. The van der Waals surface area contributed by atoms with E-state index in [9.17, 15) is 14.7 Å². The van der Waals surface area contributed by atoms with Gasteiger partial charge >= 0.3 is 5.97 Å². The second-order valence-corrected chi connectivity index (χ2v) is 4.00. The number of rotatable bonds is 3. The monoisotopic (exact) mass is 253 g/mol. The summed E-state index contributed by atoms with van der Waals surface area (Å²) in [6.07, 6.45) is -0.0342. The van der Waals surface area contributed by atoms with Crippen LogP contribution in [0.3, 0.4) is 0 Å². The number of primary amides is 1. The number of esters is 1. The van der Waals surface area contributed by atoms with E-state index in [2.05, 4.69) is 10.5 Å². The Labute approximate surface area is 107 Å². The van der Waals surface area contributed by atoms with Crippen molar-refractivity contribution >= 4 is 11.9 Å². The minimum absolute atomic E-state index is 0.0342. The van der Waals surface area contributed by atoms with Gasteiger partial charge in [0.25, 0.3) is 0 Å². The van der Waals surface area contributed by atoms with Gasteiger partial charge in [-0.25, -0.2) is 0 Å². The third-order valence-electron chi connectivity index (χ3n) is 2.11. The summed E-state index contributed by atoms with van der Waals surface area (Å²) in [6.45, 7) is 2.90. The molecule has 1 rings (SSSR count). The number of methoxy groups -OCH3 is 1. The van der Waals surface area contributed by atoms with Crippen LogP contribution in [0.2, 0.25) is 0 Å². The normalized spacial score (nSPS) is 12.7. The summed E-state index contributed by atoms with van der Waals surface area (Å²) in [4.78, 5) is 20.2. The summed E-state index contributed by atoms with van der Waals surface area (Å²) in [6, 6.07) is 9.06. The maximum atomic E-state index is 11.0. The summed E-state index contributed by atoms with van der Waals surface area (Å²) < 4.78 is 4.51. The van der Waals surface area contributed by atoms with Gasteiger partial charge in [-0.1, -0.05) is 30.3 Å². The molecule has 0 heterocycles. The molecule has 1 atom stereocenters. The molecule has 5 nitrogen and oxygen atoms in total. The highest BCUT2D eigenvalue weighted by Gasteiger charge is 2.26. The Morgan fingerprint density at radius 2 is 1.78 bits per heavy atom. The molecule has 1 aromatic rings. The van der Waals surface area contributed by atoms with Crippen molar-refractivity contribution in [2.45, 2.75) is 25.9 Å². The molecular formula is C13H19NO4. The molecule has 0 bridgehead atoms. The maximum absolute atomic E-state index is 11.0. The molecule has 18 heavy (non-hydrogen) atoms. The van der Waals surface area contributed by atoms with Crippen molar-refractivity contribution in [1.82, 2.24) is 0 Å². The average molecular weight is 253 g/mol. The first-order valence-electron chi connectivity index (χ1n) is 5.40. The molecule has 0 fully saturated rings. The third-order valence-corrected chi connectivity index (χ3v) is 2.11. The van der Waals surface area contributed by atoms with Crippen LogP contribution in [0.15, 0.2) is 30.3 Å². The molecule has 0 aliphatic rings. The zero-order chi connectivity index (χ0) is 14.2. The van der Waals surface area contributed by atoms with E-state index < -0.39 is 11.6 Å². The molecule has 0 aliphatic heterocycles.